The number of nitrogens with one attached hydrogen (secondary N) is 2. The number of aryl methyl sites for hydroxylation is 1. The molecule has 1 aromatic carbocycles. The Labute approximate surface area is 182 Å². The minimum absolute atomic E-state index is 0.150. The molecular formula is C22H28N6O3. The molecule has 3 rings (SSSR count). The summed E-state index contributed by atoms with van der Waals surface area (Å²) >= 11 is 0. The molecule has 2 heterocycles. The average molecular weight is 425 g/mol. The highest BCUT2D eigenvalue weighted by molar-refractivity contribution is 5.80. The van der Waals surface area contributed by atoms with Crippen LogP contribution in [0.3, 0.4) is 0 Å². The highest BCUT2D eigenvalue weighted by Gasteiger charge is 2.15. The van der Waals surface area contributed by atoms with Crippen LogP contribution in [0.5, 0.6) is 0 Å². The molecule has 0 unspecified atom stereocenters. The Morgan fingerprint density at radius 1 is 1.32 bits per heavy atom. The maximum Gasteiger partial charge on any atom is 0.411 e. The molecule has 1 saturated heterocycles. The van der Waals surface area contributed by atoms with Gasteiger partial charge in [0, 0.05) is 31.3 Å². The Morgan fingerprint density at radius 2 is 2.13 bits per heavy atom. The smallest absolute Gasteiger partial charge is 0.411 e. The molecule has 2 N–H and O–H groups in total. The van der Waals surface area contributed by atoms with Crippen molar-refractivity contribution in [3.05, 3.63) is 59.6 Å². The molecule has 1 amide bonds. The van der Waals surface area contributed by atoms with Crippen LogP contribution in [0.4, 0.5) is 16.4 Å². The van der Waals surface area contributed by atoms with E-state index in [9.17, 15) is 4.79 Å². The van der Waals surface area contributed by atoms with Gasteiger partial charge in [-0.25, -0.2) is 14.8 Å². The third-order valence-corrected chi connectivity index (χ3v) is 4.40. The zero-order valence-corrected chi connectivity index (χ0v) is 17.9. The van der Waals surface area contributed by atoms with Crippen molar-refractivity contribution in [2.24, 2.45) is 5.10 Å². The maximum atomic E-state index is 11.6. The first-order valence-corrected chi connectivity index (χ1v) is 10.2. The van der Waals surface area contributed by atoms with Crippen molar-refractivity contribution in [1.29, 1.82) is 0 Å². The number of alkyl carbamates (subject to hydrolysis) is 1. The molecule has 0 aliphatic carbocycles. The molecule has 0 radical (unpaired) electrons. The van der Waals surface area contributed by atoms with Crippen molar-refractivity contribution in [2.75, 3.05) is 43.2 Å². The Morgan fingerprint density at radius 3 is 2.87 bits per heavy atom. The second kappa shape index (κ2) is 11.1. The van der Waals surface area contributed by atoms with Crippen LogP contribution in [-0.2, 0) is 15.9 Å². The van der Waals surface area contributed by atoms with E-state index < -0.39 is 6.09 Å². The van der Waals surface area contributed by atoms with Gasteiger partial charge in [0.25, 0.3) is 0 Å². The molecule has 31 heavy (non-hydrogen) atoms. The van der Waals surface area contributed by atoms with Gasteiger partial charge >= 0.3 is 6.09 Å². The summed E-state index contributed by atoms with van der Waals surface area (Å²) in [6.45, 7) is 10.3. The number of aromatic nitrogens is 2. The molecule has 164 valence electrons. The maximum absolute atomic E-state index is 11.6. The monoisotopic (exact) mass is 424 g/mol. The highest BCUT2D eigenvalue weighted by atomic mass is 16.5. The normalized spacial score (nSPS) is 13.8. The number of ether oxygens (including phenoxy) is 2. The Balaban J connectivity index is 1.70. The van der Waals surface area contributed by atoms with Crippen molar-refractivity contribution in [3.8, 4) is 0 Å². The Hall–Kier alpha value is -3.46. The van der Waals surface area contributed by atoms with Gasteiger partial charge in [0.1, 0.15) is 18.2 Å². The molecule has 9 heteroatoms. The third-order valence-electron chi connectivity index (χ3n) is 4.40. The van der Waals surface area contributed by atoms with Crippen LogP contribution in [0.15, 0.2) is 47.7 Å². The van der Waals surface area contributed by atoms with E-state index in [1.165, 1.54) is 5.56 Å². The lowest BCUT2D eigenvalue weighted by Crippen LogP contribution is -2.37. The van der Waals surface area contributed by atoms with Gasteiger partial charge in [-0.3, -0.25) is 10.7 Å². The second-order valence-corrected chi connectivity index (χ2v) is 7.20. The first-order valence-electron chi connectivity index (χ1n) is 10.2. The molecule has 1 aliphatic heterocycles. The fourth-order valence-corrected chi connectivity index (χ4v) is 2.98. The first-order chi connectivity index (χ1) is 15.0. The van der Waals surface area contributed by atoms with Crippen molar-refractivity contribution < 1.29 is 14.3 Å². The van der Waals surface area contributed by atoms with Crippen LogP contribution in [0.2, 0.25) is 0 Å². The number of rotatable bonds is 8. The van der Waals surface area contributed by atoms with Crippen LogP contribution in [0, 0.1) is 6.92 Å². The first kappa shape index (κ1) is 22.2. The van der Waals surface area contributed by atoms with Crippen molar-refractivity contribution >= 4 is 23.9 Å². The Kier molecular flexibility index (Phi) is 7.94. The van der Waals surface area contributed by atoms with Gasteiger partial charge in [-0.2, -0.15) is 5.10 Å². The number of morpholine rings is 1. The van der Waals surface area contributed by atoms with E-state index in [2.05, 4.69) is 37.3 Å². The summed E-state index contributed by atoms with van der Waals surface area (Å²) in [7, 11) is 0. The van der Waals surface area contributed by atoms with E-state index in [0.29, 0.717) is 37.0 Å². The van der Waals surface area contributed by atoms with Crippen LogP contribution in [0.1, 0.15) is 23.9 Å². The van der Waals surface area contributed by atoms with Crippen LogP contribution in [-0.4, -0.2) is 55.2 Å². The number of amides is 1. The topological polar surface area (TPSA) is 101 Å². The van der Waals surface area contributed by atoms with E-state index in [4.69, 9.17) is 9.47 Å². The van der Waals surface area contributed by atoms with Crippen LogP contribution < -0.4 is 15.6 Å². The summed E-state index contributed by atoms with van der Waals surface area (Å²) in [6, 6.07) is 9.91. The molecule has 0 atom stereocenters. The number of benzene rings is 1. The molecule has 9 nitrogen and oxygen atoms in total. The molecule has 0 bridgehead atoms. The third kappa shape index (κ3) is 7.38. The standard InChI is InChI=1S/C22H28N6O3/c1-16(2)24-22(29)31-10-7-19-25-20(14-21(26-19)28-8-11-30-12-9-28)27-23-15-18-6-4-5-17(3)13-18/h4-6,13-15H,1,7-12H2,2-3H3,(H,24,29)(H,25,26,27)/b23-15+. The van der Waals surface area contributed by atoms with Crippen LogP contribution >= 0.6 is 0 Å². The van der Waals surface area contributed by atoms with Gasteiger partial charge in [0.15, 0.2) is 5.82 Å². The summed E-state index contributed by atoms with van der Waals surface area (Å²) in [5.74, 6) is 1.91. The molecule has 0 spiro atoms. The average Bonchev–Trinajstić information content (AvgIpc) is 2.74. The quantitative estimate of drug-likeness (QED) is 0.496. The summed E-state index contributed by atoms with van der Waals surface area (Å²) in [5.41, 5.74) is 5.67. The molecule has 0 saturated carbocycles. The van der Waals surface area contributed by atoms with Crippen LogP contribution in [0.25, 0.3) is 0 Å². The summed E-state index contributed by atoms with van der Waals surface area (Å²) in [6.07, 6.45) is 1.57. The molecule has 1 aromatic heterocycles. The largest absolute Gasteiger partial charge is 0.449 e. The van der Waals surface area contributed by atoms with Gasteiger partial charge in [-0.1, -0.05) is 36.4 Å². The molecular weight excluding hydrogens is 396 g/mol. The number of carbonyl (C=O) groups is 1. The van der Waals surface area contributed by atoms with Crippen molar-refractivity contribution in [1.82, 2.24) is 15.3 Å². The summed E-state index contributed by atoms with van der Waals surface area (Å²) in [5, 5.41) is 6.81. The van der Waals surface area contributed by atoms with Gasteiger partial charge in [0.2, 0.25) is 0 Å². The lowest BCUT2D eigenvalue weighted by Gasteiger charge is -2.28. The van der Waals surface area contributed by atoms with E-state index in [0.717, 1.165) is 24.5 Å². The lowest BCUT2D eigenvalue weighted by atomic mass is 10.2. The predicted molar refractivity (Wildman–Crippen MR) is 120 cm³/mol. The van der Waals surface area contributed by atoms with Gasteiger partial charge < -0.3 is 14.4 Å². The number of carbonyl (C=O) groups excluding carboxylic acids is 1. The number of nitrogens with zero attached hydrogens (tertiary/aromatic N) is 4. The minimum Gasteiger partial charge on any atom is -0.449 e. The lowest BCUT2D eigenvalue weighted by molar-refractivity contribution is 0.122. The summed E-state index contributed by atoms with van der Waals surface area (Å²) < 4.78 is 10.6. The van der Waals surface area contributed by atoms with E-state index in [-0.39, 0.29) is 6.61 Å². The number of anilines is 2. The minimum atomic E-state index is -0.544. The zero-order chi connectivity index (χ0) is 22.1. The van der Waals surface area contributed by atoms with E-state index >= 15 is 0 Å². The summed E-state index contributed by atoms with van der Waals surface area (Å²) in [4.78, 5) is 22.9. The Bertz CT molecular complexity index is 941. The van der Waals surface area contributed by atoms with E-state index in [1.807, 2.05) is 37.3 Å². The second-order valence-electron chi connectivity index (χ2n) is 7.20. The number of hydrogen-bond donors (Lipinski definition) is 2. The fourth-order valence-electron chi connectivity index (χ4n) is 2.98. The molecule has 2 aromatic rings. The van der Waals surface area contributed by atoms with Crippen molar-refractivity contribution in [2.45, 2.75) is 20.3 Å². The van der Waals surface area contributed by atoms with E-state index in [1.54, 1.807) is 13.1 Å². The highest BCUT2D eigenvalue weighted by Crippen LogP contribution is 2.18. The van der Waals surface area contributed by atoms with Gasteiger partial charge in [0.05, 0.1) is 19.4 Å². The SMILES string of the molecule is C=C(C)NC(=O)OCCc1nc(N/N=C/c2cccc(C)c2)cc(N2CCOCC2)n1. The number of allylic oxidation sites excluding steroid dienone is 1. The number of hydrazone groups is 1. The predicted octanol–water partition coefficient (Wildman–Crippen LogP) is 2.87. The zero-order valence-electron chi connectivity index (χ0n) is 17.9. The molecule has 1 aliphatic rings. The van der Waals surface area contributed by atoms with Gasteiger partial charge in [-0.15, -0.1) is 0 Å². The number of hydrogen-bond acceptors (Lipinski definition) is 8. The van der Waals surface area contributed by atoms with Crippen molar-refractivity contribution in [3.63, 3.8) is 0 Å². The fraction of sp³-hybridized carbons (Fsp3) is 0.364. The van der Waals surface area contributed by atoms with Gasteiger partial charge in [-0.05, 0) is 19.4 Å². The molecule has 1 fully saturated rings.